The van der Waals surface area contributed by atoms with Crippen LogP contribution in [-0.2, 0) is 4.74 Å². The van der Waals surface area contributed by atoms with Crippen molar-refractivity contribution in [2.45, 2.75) is 24.5 Å². The Hall–Kier alpha value is -1.64. The largest absolute Gasteiger partial charge is 0.394 e. The molecule has 0 unspecified atom stereocenters. The Labute approximate surface area is 116 Å². The number of hydrazine groups is 2. The highest BCUT2D eigenvalue weighted by Crippen LogP contribution is 2.25. The highest BCUT2D eigenvalue weighted by atomic mass is 16.6. The van der Waals surface area contributed by atoms with E-state index in [-0.39, 0.29) is 6.61 Å². The standard InChI is InChI=1S/C13H17N3O4/c17-7-10-11(18)12(19)13(20-10)16-6-9(14-15-16)8-4-2-1-3-5-8/h1-6,10-15,17-19H,7H2/t10-,11-,12+,13-/m1/s1. The van der Waals surface area contributed by atoms with Crippen molar-refractivity contribution in [3.05, 3.63) is 42.1 Å². The molecule has 2 aliphatic rings. The van der Waals surface area contributed by atoms with Crippen LogP contribution in [0.2, 0.25) is 0 Å². The summed E-state index contributed by atoms with van der Waals surface area (Å²) in [5, 5.41) is 30.3. The number of nitrogens with one attached hydrogen (secondary N) is 2. The molecule has 2 aliphatic heterocycles. The number of benzene rings is 1. The first-order chi connectivity index (χ1) is 9.70. The van der Waals surface area contributed by atoms with Crippen LogP contribution >= 0.6 is 0 Å². The fourth-order valence-electron chi connectivity index (χ4n) is 2.34. The van der Waals surface area contributed by atoms with Crippen LogP contribution in [0.5, 0.6) is 0 Å². The predicted octanol–water partition coefficient (Wildman–Crippen LogP) is -1.25. The van der Waals surface area contributed by atoms with Crippen molar-refractivity contribution >= 4 is 5.70 Å². The van der Waals surface area contributed by atoms with Gasteiger partial charge in [-0.1, -0.05) is 30.3 Å². The van der Waals surface area contributed by atoms with E-state index in [1.54, 1.807) is 6.20 Å². The molecule has 0 spiro atoms. The summed E-state index contributed by atoms with van der Waals surface area (Å²) in [5.41, 5.74) is 7.63. The zero-order chi connectivity index (χ0) is 14.1. The van der Waals surface area contributed by atoms with E-state index in [1.165, 1.54) is 5.01 Å². The molecule has 0 amide bonds. The lowest BCUT2D eigenvalue weighted by atomic mass is 10.1. The Kier molecular flexibility index (Phi) is 3.60. The minimum atomic E-state index is -1.11. The van der Waals surface area contributed by atoms with E-state index >= 15 is 0 Å². The molecular formula is C13H17N3O4. The zero-order valence-electron chi connectivity index (χ0n) is 10.7. The monoisotopic (exact) mass is 279 g/mol. The van der Waals surface area contributed by atoms with Gasteiger partial charge in [0.1, 0.15) is 18.3 Å². The molecule has 1 aromatic rings. The van der Waals surface area contributed by atoms with E-state index in [4.69, 9.17) is 9.84 Å². The first kappa shape index (κ1) is 13.3. The average Bonchev–Trinajstić information content (AvgIpc) is 3.07. The van der Waals surface area contributed by atoms with E-state index < -0.39 is 24.5 Å². The van der Waals surface area contributed by atoms with Crippen LogP contribution in [0.15, 0.2) is 36.5 Å². The summed E-state index contributed by atoms with van der Waals surface area (Å²) in [6.07, 6.45) is -2.02. The normalized spacial score (nSPS) is 33.1. The summed E-state index contributed by atoms with van der Waals surface area (Å²) in [6.45, 7) is -0.342. The summed E-state index contributed by atoms with van der Waals surface area (Å²) in [7, 11) is 0. The fourth-order valence-corrected chi connectivity index (χ4v) is 2.34. The quantitative estimate of drug-likeness (QED) is 0.471. The molecule has 108 valence electrons. The predicted molar refractivity (Wildman–Crippen MR) is 70.3 cm³/mol. The third-order valence-corrected chi connectivity index (χ3v) is 3.46. The molecule has 1 aromatic carbocycles. The van der Waals surface area contributed by atoms with Crippen LogP contribution in [0.25, 0.3) is 5.70 Å². The van der Waals surface area contributed by atoms with Crippen molar-refractivity contribution in [1.29, 1.82) is 0 Å². The molecule has 0 radical (unpaired) electrons. The molecule has 0 aliphatic carbocycles. The molecule has 3 rings (SSSR count). The smallest absolute Gasteiger partial charge is 0.174 e. The molecule has 0 aromatic heterocycles. The van der Waals surface area contributed by atoms with Crippen molar-refractivity contribution in [2.75, 3.05) is 6.61 Å². The number of nitrogens with zero attached hydrogens (tertiary/aromatic N) is 1. The molecule has 2 heterocycles. The molecule has 0 bridgehead atoms. The Morgan fingerprint density at radius 2 is 1.90 bits per heavy atom. The van der Waals surface area contributed by atoms with E-state index in [1.807, 2.05) is 30.3 Å². The van der Waals surface area contributed by atoms with Crippen LogP contribution in [-0.4, -0.2) is 51.5 Å². The number of hydrogen-bond donors (Lipinski definition) is 5. The molecule has 7 heteroatoms. The van der Waals surface area contributed by atoms with Gasteiger partial charge in [0.05, 0.1) is 12.3 Å². The van der Waals surface area contributed by atoms with Gasteiger partial charge in [-0.15, -0.1) is 5.53 Å². The van der Waals surface area contributed by atoms with E-state index in [2.05, 4.69) is 11.0 Å². The molecular weight excluding hydrogens is 262 g/mol. The fraction of sp³-hybridized carbons (Fsp3) is 0.385. The third kappa shape index (κ3) is 2.26. The van der Waals surface area contributed by atoms with E-state index in [9.17, 15) is 10.2 Å². The lowest BCUT2D eigenvalue weighted by Gasteiger charge is -2.24. The zero-order valence-corrected chi connectivity index (χ0v) is 10.7. The Bertz CT molecular complexity index is 496. The van der Waals surface area contributed by atoms with Crippen molar-refractivity contribution < 1.29 is 20.1 Å². The third-order valence-electron chi connectivity index (χ3n) is 3.46. The summed E-state index contributed by atoms with van der Waals surface area (Å²) < 4.78 is 5.43. The summed E-state index contributed by atoms with van der Waals surface area (Å²) in [5.74, 6) is 0. The summed E-state index contributed by atoms with van der Waals surface area (Å²) >= 11 is 0. The second-order valence-electron chi connectivity index (χ2n) is 4.78. The topological polar surface area (TPSA) is 97.2 Å². The van der Waals surface area contributed by atoms with Crippen molar-refractivity contribution in [3.8, 4) is 0 Å². The summed E-state index contributed by atoms with van der Waals surface area (Å²) in [6, 6.07) is 9.67. The maximum absolute atomic E-state index is 9.95. The second kappa shape index (κ2) is 5.39. The Balaban J connectivity index is 1.75. The van der Waals surface area contributed by atoms with Gasteiger partial charge in [-0.2, -0.15) is 0 Å². The van der Waals surface area contributed by atoms with Crippen molar-refractivity contribution in [3.63, 3.8) is 0 Å². The highest BCUT2D eigenvalue weighted by molar-refractivity contribution is 5.64. The summed E-state index contributed by atoms with van der Waals surface area (Å²) in [4.78, 5) is 0. The lowest BCUT2D eigenvalue weighted by Crippen LogP contribution is -2.48. The lowest BCUT2D eigenvalue weighted by molar-refractivity contribution is -0.0958. The van der Waals surface area contributed by atoms with Gasteiger partial charge >= 0.3 is 0 Å². The van der Waals surface area contributed by atoms with Crippen LogP contribution in [0.3, 0.4) is 0 Å². The molecule has 5 N–H and O–H groups in total. The van der Waals surface area contributed by atoms with Crippen molar-refractivity contribution in [2.24, 2.45) is 0 Å². The molecule has 1 fully saturated rings. The number of aliphatic hydroxyl groups excluding tert-OH is 3. The van der Waals surface area contributed by atoms with Crippen LogP contribution in [0.1, 0.15) is 5.56 Å². The van der Waals surface area contributed by atoms with Gasteiger partial charge in [-0.05, 0) is 0 Å². The van der Waals surface area contributed by atoms with E-state index in [0.29, 0.717) is 0 Å². The first-order valence-corrected chi connectivity index (χ1v) is 6.40. The SMILES string of the molecule is OC[C@H]1O[C@@H](N2C=C(c3ccccc3)NN2)[C@@H](O)[C@@H]1O. The second-order valence-corrected chi connectivity index (χ2v) is 4.78. The molecule has 0 saturated carbocycles. The molecule has 20 heavy (non-hydrogen) atoms. The maximum Gasteiger partial charge on any atom is 0.174 e. The van der Waals surface area contributed by atoms with Gasteiger partial charge in [0.25, 0.3) is 0 Å². The molecule has 7 nitrogen and oxygen atoms in total. The van der Waals surface area contributed by atoms with Crippen LogP contribution in [0.4, 0.5) is 0 Å². The minimum absolute atomic E-state index is 0.342. The molecule has 4 atom stereocenters. The van der Waals surface area contributed by atoms with Crippen LogP contribution < -0.4 is 11.0 Å². The number of hydrogen-bond acceptors (Lipinski definition) is 7. The van der Waals surface area contributed by atoms with Gasteiger partial charge in [-0.3, -0.25) is 5.01 Å². The number of rotatable bonds is 3. The van der Waals surface area contributed by atoms with Gasteiger partial charge in [-0.25, -0.2) is 0 Å². The average molecular weight is 279 g/mol. The van der Waals surface area contributed by atoms with Gasteiger partial charge in [0, 0.05) is 11.8 Å². The van der Waals surface area contributed by atoms with Crippen LogP contribution in [0, 0.1) is 0 Å². The van der Waals surface area contributed by atoms with E-state index in [0.717, 1.165) is 11.3 Å². The molecule has 1 saturated heterocycles. The van der Waals surface area contributed by atoms with Crippen molar-refractivity contribution in [1.82, 2.24) is 16.0 Å². The Morgan fingerprint density at radius 3 is 2.55 bits per heavy atom. The first-order valence-electron chi connectivity index (χ1n) is 6.40. The van der Waals surface area contributed by atoms with Gasteiger partial charge in [0.2, 0.25) is 0 Å². The number of ether oxygens (including phenoxy) is 1. The maximum atomic E-state index is 9.95. The minimum Gasteiger partial charge on any atom is -0.394 e. The highest BCUT2D eigenvalue weighted by Gasteiger charge is 2.45. The van der Waals surface area contributed by atoms with Gasteiger partial charge < -0.3 is 25.5 Å². The van der Waals surface area contributed by atoms with Gasteiger partial charge in [0.15, 0.2) is 6.23 Å². The number of aliphatic hydroxyl groups is 3. The Morgan fingerprint density at radius 1 is 1.15 bits per heavy atom.